The average Bonchev–Trinajstić information content (AvgIpc) is 2.39. The van der Waals surface area contributed by atoms with Gasteiger partial charge in [-0.05, 0) is 42.3 Å². The zero-order valence-corrected chi connectivity index (χ0v) is 12.8. The molecule has 2 rings (SSSR count). The molecule has 2 aromatic carbocycles. The summed E-state index contributed by atoms with van der Waals surface area (Å²) in [5, 5.41) is 0.475. The summed E-state index contributed by atoms with van der Waals surface area (Å²) in [5.74, 6) is 0.507. The molecule has 1 N–H and O–H groups in total. The van der Waals surface area contributed by atoms with Crippen molar-refractivity contribution in [1.82, 2.24) is 0 Å². The van der Waals surface area contributed by atoms with E-state index >= 15 is 0 Å². The van der Waals surface area contributed by atoms with E-state index in [4.69, 9.17) is 23.2 Å². The molecule has 3 nitrogen and oxygen atoms in total. The minimum Gasteiger partial charge on any atom is -0.280 e. The third-order valence-electron chi connectivity index (χ3n) is 2.69. The van der Waals surface area contributed by atoms with E-state index in [0.29, 0.717) is 23.0 Å². The molecule has 0 aromatic heterocycles. The summed E-state index contributed by atoms with van der Waals surface area (Å²) in [6.45, 7) is 0. The molecule has 0 saturated heterocycles. The second-order valence-corrected chi connectivity index (χ2v) is 6.70. The Balaban J connectivity index is 2.21. The number of rotatable bonds is 5. The molecule has 6 heteroatoms. The van der Waals surface area contributed by atoms with Crippen molar-refractivity contribution in [3.63, 3.8) is 0 Å². The van der Waals surface area contributed by atoms with Crippen molar-refractivity contribution in [2.24, 2.45) is 0 Å². The number of halogens is 2. The predicted octanol–water partition coefficient (Wildman–Crippen LogP) is 3.92. The van der Waals surface area contributed by atoms with Crippen LogP contribution in [0, 0.1) is 0 Å². The summed E-state index contributed by atoms with van der Waals surface area (Å²) in [5.41, 5.74) is 1.43. The maximum atomic E-state index is 12.2. The summed E-state index contributed by atoms with van der Waals surface area (Å²) < 4.78 is 26.9. The quantitative estimate of drug-likeness (QED) is 0.845. The first kappa shape index (κ1) is 15.2. The van der Waals surface area contributed by atoms with Crippen LogP contribution in [0.25, 0.3) is 0 Å². The Morgan fingerprint density at radius 1 is 1.05 bits per heavy atom. The van der Waals surface area contributed by atoms with Gasteiger partial charge in [-0.3, -0.25) is 4.72 Å². The van der Waals surface area contributed by atoms with E-state index in [2.05, 4.69) is 4.72 Å². The van der Waals surface area contributed by atoms with Gasteiger partial charge in [-0.2, -0.15) is 0 Å². The Morgan fingerprint density at radius 2 is 1.75 bits per heavy atom. The zero-order chi connectivity index (χ0) is 14.6. The maximum absolute atomic E-state index is 12.2. The Morgan fingerprint density at radius 3 is 2.35 bits per heavy atom. The highest BCUT2D eigenvalue weighted by atomic mass is 35.5. The van der Waals surface area contributed by atoms with Gasteiger partial charge in [-0.1, -0.05) is 29.8 Å². The molecule has 20 heavy (non-hydrogen) atoms. The molecule has 0 aliphatic heterocycles. The first-order chi connectivity index (χ1) is 9.51. The lowest BCUT2D eigenvalue weighted by atomic mass is 10.2. The molecule has 0 saturated carbocycles. The number of hydrogen-bond donors (Lipinski definition) is 1. The van der Waals surface area contributed by atoms with Crippen LogP contribution >= 0.6 is 23.2 Å². The minimum atomic E-state index is -3.60. The summed E-state index contributed by atoms with van der Waals surface area (Å²) in [4.78, 5) is 0.204. The fraction of sp³-hybridized carbons (Fsp3) is 0.143. The van der Waals surface area contributed by atoms with E-state index in [1.807, 2.05) is 0 Å². The molecule has 0 aliphatic carbocycles. The normalized spacial score (nSPS) is 11.3. The van der Waals surface area contributed by atoms with Gasteiger partial charge < -0.3 is 0 Å². The number of hydrogen-bond acceptors (Lipinski definition) is 2. The van der Waals surface area contributed by atoms with Crippen molar-refractivity contribution in [3.8, 4) is 0 Å². The number of alkyl halides is 1. The Hall–Kier alpha value is -1.23. The van der Waals surface area contributed by atoms with E-state index in [0.717, 1.165) is 5.56 Å². The monoisotopic (exact) mass is 329 g/mol. The molecule has 0 spiro atoms. The van der Waals surface area contributed by atoms with Crippen LogP contribution in [0.4, 0.5) is 5.69 Å². The summed E-state index contributed by atoms with van der Waals surface area (Å²) in [6.07, 6.45) is 0.712. The Bertz CT molecular complexity index is 685. The predicted molar refractivity (Wildman–Crippen MR) is 83.1 cm³/mol. The lowest BCUT2D eigenvalue weighted by Gasteiger charge is -2.09. The molecule has 0 atom stereocenters. The van der Waals surface area contributed by atoms with E-state index in [-0.39, 0.29) is 4.90 Å². The zero-order valence-electron chi connectivity index (χ0n) is 10.5. The summed E-state index contributed by atoms with van der Waals surface area (Å²) in [7, 11) is -3.60. The molecular weight excluding hydrogens is 317 g/mol. The number of benzene rings is 2. The van der Waals surface area contributed by atoms with Gasteiger partial charge in [0.25, 0.3) is 10.0 Å². The summed E-state index contributed by atoms with van der Waals surface area (Å²) in [6, 6.07) is 13.2. The highest BCUT2D eigenvalue weighted by Gasteiger charge is 2.14. The highest BCUT2D eigenvalue weighted by molar-refractivity contribution is 7.92. The van der Waals surface area contributed by atoms with Crippen LogP contribution in [0.3, 0.4) is 0 Å². The lowest BCUT2D eigenvalue weighted by molar-refractivity contribution is 0.601. The molecule has 0 amide bonds. The SMILES string of the molecule is O=S(=O)(Nc1cccc(Cl)c1)c1ccc(CCCl)cc1. The van der Waals surface area contributed by atoms with Gasteiger partial charge >= 0.3 is 0 Å². The van der Waals surface area contributed by atoms with Crippen molar-refractivity contribution in [2.75, 3.05) is 10.6 Å². The fourth-order valence-corrected chi connectivity index (χ4v) is 3.17. The van der Waals surface area contributed by atoms with Crippen LogP contribution in [0.15, 0.2) is 53.4 Å². The minimum absolute atomic E-state index is 0.204. The van der Waals surface area contributed by atoms with Crippen molar-refractivity contribution >= 4 is 38.9 Å². The third-order valence-corrected chi connectivity index (χ3v) is 4.51. The Labute approximate surface area is 128 Å². The van der Waals surface area contributed by atoms with Crippen LogP contribution in [-0.2, 0) is 16.4 Å². The van der Waals surface area contributed by atoms with Crippen LogP contribution in [0.5, 0.6) is 0 Å². The van der Waals surface area contributed by atoms with Crippen molar-refractivity contribution in [1.29, 1.82) is 0 Å². The second kappa shape index (κ2) is 6.48. The largest absolute Gasteiger partial charge is 0.280 e. The molecule has 0 unspecified atom stereocenters. The number of nitrogens with one attached hydrogen (secondary N) is 1. The number of aryl methyl sites for hydroxylation is 1. The standard InChI is InChI=1S/C14H13Cl2NO2S/c15-9-8-11-4-6-14(7-5-11)20(18,19)17-13-3-1-2-12(16)10-13/h1-7,10,17H,8-9H2. The van der Waals surface area contributed by atoms with Crippen LogP contribution in [0.1, 0.15) is 5.56 Å². The molecule has 106 valence electrons. The van der Waals surface area contributed by atoms with Gasteiger partial charge in [0.1, 0.15) is 0 Å². The topological polar surface area (TPSA) is 46.2 Å². The van der Waals surface area contributed by atoms with Gasteiger partial charge in [0.05, 0.1) is 10.6 Å². The highest BCUT2D eigenvalue weighted by Crippen LogP contribution is 2.19. The molecule has 0 radical (unpaired) electrons. The smallest absolute Gasteiger partial charge is 0.261 e. The molecule has 2 aromatic rings. The van der Waals surface area contributed by atoms with Gasteiger partial charge in [-0.25, -0.2) is 8.42 Å². The van der Waals surface area contributed by atoms with Gasteiger partial charge in [0, 0.05) is 10.9 Å². The lowest BCUT2D eigenvalue weighted by Crippen LogP contribution is -2.12. The van der Waals surface area contributed by atoms with Crippen molar-refractivity contribution in [3.05, 3.63) is 59.1 Å². The molecule has 0 aliphatic rings. The number of anilines is 1. The fourth-order valence-electron chi connectivity index (χ4n) is 1.71. The molecule has 0 bridgehead atoms. The third kappa shape index (κ3) is 3.88. The first-order valence-corrected chi connectivity index (χ1v) is 8.34. The molecular formula is C14H13Cl2NO2S. The van der Waals surface area contributed by atoms with Crippen LogP contribution < -0.4 is 4.72 Å². The molecule has 0 fully saturated rings. The van der Waals surface area contributed by atoms with Gasteiger partial charge in [-0.15, -0.1) is 11.6 Å². The van der Waals surface area contributed by atoms with Crippen molar-refractivity contribution in [2.45, 2.75) is 11.3 Å². The van der Waals surface area contributed by atoms with Crippen LogP contribution in [0.2, 0.25) is 5.02 Å². The van der Waals surface area contributed by atoms with Crippen molar-refractivity contribution < 1.29 is 8.42 Å². The van der Waals surface area contributed by atoms with E-state index in [1.165, 1.54) is 0 Å². The Kier molecular flexibility index (Phi) is 4.91. The first-order valence-electron chi connectivity index (χ1n) is 5.94. The van der Waals surface area contributed by atoms with Gasteiger partial charge in [0.15, 0.2) is 0 Å². The number of sulfonamides is 1. The average molecular weight is 330 g/mol. The summed E-state index contributed by atoms with van der Waals surface area (Å²) >= 11 is 11.5. The van der Waals surface area contributed by atoms with Gasteiger partial charge in [0.2, 0.25) is 0 Å². The molecule has 0 heterocycles. The van der Waals surface area contributed by atoms with E-state index < -0.39 is 10.0 Å². The van der Waals surface area contributed by atoms with E-state index in [9.17, 15) is 8.42 Å². The maximum Gasteiger partial charge on any atom is 0.261 e. The second-order valence-electron chi connectivity index (χ2n) is 4.20. The van der Waals surface area contributed by atoms with Crippen LogP contribution in [-0.4, -0.2) is 14.3 Å². The van der Waals surface area contributed by atoms with E-state index in [1.54, 1.807) is 48.5 Å².